The van der Waals surface area contributed by atoms with Crippen LogP contribution in [-0.2, 0) is 13.6 Å². The Labute approximate surface area is 135 Å². The van der Waals surface area contributed by atoms with E-state index in [1.807, 2.05) is 37.6 Å². The van der Waals surface area contributed by atoms with Crippen molar-refractivity contribution in [2.75, 3.05) is 19.7 Å². The molecule has 1 saturated heterocycles. The van der Waals surface area contributed by atoms with E-state index in [0.717, 1.165) is 23.1 Å². The van der Waals surface area contributed by atoms with Crippen molar-refractivity contribution in [3.05, 3.63) is 42.2 Å². The molecule has 0 saturated carbocycles. The average molecular weight is 314 g/mol. The van der Waals surface area contributed by atoms with Gasteiger partial charge < -0.3 is 15.3 Å². The lowest BCUT2D eigenvalue weighted by Crippen LogP contribution is -2.38. The number of aromatic nitrogens is 2. The zero-order valence-electron chi connectivity index (χ0n) is 13.3. The molecule has 3 rings (SSSR count). The molecular weight excluding hydrogens is 292 g/mol. The predicted octanol–water partition coefficient (Wildman–Crippen LogP) is 1.61. The highest BCUT2D eigenvalue weighted by Crippen LogP contribution is 2.20. The minimum absolute atomic E-state index is 0.0623. The fourth-order valence-electron chi connectivity index (χ4n) is 2.89. The lowest BCUT2D eigenvalue weighted by atomic mass is 10.1. The zero-order chi connectivity index (χ0) is 16.2. The summed E-state index contributed by atoms with van der Waals surface area (Å²) in [6, 6.07) is 8.03. The van der Waals surface area contributed by atoms with Crippen LogP contribution in [0, 0.1) is 5.92 Å². The molecule has 1 unspecified atom stereocenters. The molecule has 23 heavy (non-hydrogen) atoms. The molecule has 1 fully saturated rings. The molecule has 2 heterocycles. The largest absolute Gasteiger partial charge is 0.396 e. The number of carbonyl (C=O) groups is 1. The summed E-state index contributed by atoms with van der Waals surface area (Å²) >= 11 is 0. The summed E-state index contributed by atoms with van der Waals surface area (Å²) in [6.45, 7) is 2.00. The van der Waals surface area contributed by atoms with Gasteiger partial charge in [0.25, 0.3) is 0 Å². The molecule has 0 radical (unpaired) electrons. The molecule has 2 N–H and O–H groups in total. The molecule has 0 aliphatic carbocycles. The number of hydrogen-bond acceptors (Lipinski definition) is 3. The number of likely N-dealkylation sites (tertiary alicyclic amines) is 1. The topological polar surface area (TPSA) is 70.4 Å². The zero-order valence-corrected chi connectivity index (χ0v) is 13.3. The van der Waals surface area contributed by atoms with E-state index in [-0.39, 0.29) is 18.6 Å². The molecule has 0 bridgehead atoms. The first kappa shape index (κ1) is 15.6. The second-order valence-corrected chi connectivity index (χ2v) is 6.05. The number of benzene rings is 1. The summed E-state index contributed by atoms with van der Waals surface area (Å²) in [5.41, 5.74) is 3.20. The standard InChI is InChI=1S/C17H22N4O2/c1-20-11-16(9-19-20)15-4-2-3-13(7-15)8-18-17(23)21-6-5-14(10-21)12-22/h2-4,7,9,11,14,22H,5-6,8,10,12H2,1H3,(H,18,23). The molecule has 1 aromatic heterocycles. The van der Waals surface area contributed by atoms with E-state index in [1.165, 1.54) is 0 Å². The molecule has 2 aromatic rings. The third kappa shape index (κ3) is 3.71. The first-order valence-electron chi connectivity index (χ1n) is 7.87. The summed E-state index contributed by atoms with van der Waals surface area (Å²) < 4.78 is 1.77. The van der Waals surface area contributed by atoms with Gasteiger partial charge >= 0.3 is 6.03 Å². The van der Waals surface area contributed by atoms with E-state index in [9.17, 15) is 4.79 Å². The first-order valence-corrected chi connectivity index (χ1v) is 7.87. The van der Waals surface area contributed by atoms with Crippen LogP contribution >= 0.6 is 0 Å². The van der Waals surface area contributed by atoms with Gasteiger partial charge in [-0.15, -0.1) is 0 Å². The van der Waals surface area contributed by atoms with Crippen LogP contribution in [0.25, 0.3) is 11.1 Å². The molecule has 1 atom stereocenters. The highest BCUT2D eigenvalue weighted by Gasteiger charge is 2.25. The van der Waals surface area contributed by atoms with Crippen molar-refractivity contribution in [2.24, 2.45) is 13.0 Å². The number of carbonyl (C=O) groups excluding carboxylic acids is 1. The molecule has 6 heteroatoms. The Morgan fingerprint density at radius 1 is 1.43 bits per heavy atom. The highest BCUT2D eigenvalue weighted by molar-refractivity contribution is 5.74. The van der Waals surface area contributed by atoms with Crippen molar-refractivity contribution in [3.8, 4) is 11.1 Å². The minimum Gasteiger partial charge on any atom is -0.396 e. The number of urea groups is 1. The van der Waals surface area contributed by atoms with E-state index in [2.05, 4.69) is 16.5 Å². The average Bonchev–Trinajstić information content (AvgIpc) is 3.21. The quantitative estimate of drug-likeness (QED) is 0.901. The molecule has 0 spiro atoms. The Kier molecular flexibility index (Phi) is 4.62. The van der Waals surface area contributed by atoms with Crippen LogP contribution in [0.4, 0.5) is 4.79 Å². The van der Waals surface area contributed by atoms with Crippen molar-refractivity contribution in [3.63, 3.8) is 0 Å². The van der Waals surface area contributed by atoms with Gasteiger partial charge in [-0.05, 0) is 23.6 Å². The van der Waals surface area contributed by atoms with Gasteiger partial charge in [0.1, 0.15) is 0 Å². The van der Waals surface area contributed by atoms with Crippen LogP contribution in [0.2, 0.25) is 0 Å². The van der Waals surface area contributed by atoms with Gasteiger partial charge in [-0.2, -0.15) is 5.10 Å². The Morgan fingerprint density at radius 3 is 3.00 bits per heavy atom. The Balaban J connectivity index is 1.59. The van der Waals surface area contributed by atoms with Crippen molar-refractivity contribution >= 4 is 6.03 Å². The number of aliphatic hydroxyl groups is 1. The maximum Gasteiger partial charge on any atom is 0.317 e. The number of hydrogen-bond donors (Lipinski definition) is 2. The van der Waals surface area contributed by atoms with Crippen LogP contribution < -0.4 is 5.32 Å². The van der Waals surface area contributed by atoms with Gasteiger partial charge in [0.2, 0.25) is 0 Å². The van der Waals surface area contributed by atoms with Gasteiger partial charge in [-0.1, -0.05) is 18.2 Å². The Bertz CT molecular complexity index is 683. The third-order valence-electron chi connectivity index (χ3n) is 4.24. The summed E-state index contributed by atoms with van der Waals surface area (Å²) in [4.78, 5) is 13.9. The third-order valence-corrected chi connectivity index (χ3v) is 4.24. The number of nitrogens with zero attached hydrogens (tertiary/aromatic N) is 3. The lowest BCUT2D eigenvalue weighted by Gasteiger charge is -2.17. The molecule has 1 aliphatic heterocycles. The van der Waals surface area contributed by atoms with Gasteiger partial charge in [-0.3, -0.25) is 4.68 Å². The van der Waals surface area contributed by atoms with Gasteiger partial charge in [0.05, 0.1) is 6.20 Å². The number of aryl methyl sites for hydroxylation is 1. The monoisotopic (exact) mass is 314 g/mol. The van der Waals surface area contributed by atoms with E-state index in [4.69, 9.17) is 5.11 Å². The van der Waals surface area contributed by atoms with E-state index in [0.29, 0.717) is 19.6 Å². The fourth-order valence-corrected chi connectivity index (χ4v) is 2.89. The number of aliphatic hydroxyl groups excluding tert-OH is 1. The fraction of sp³-hybridized carbons (Fsp3) is 0.412. The molecule has 122 valence electrons. The highest BCUT2D eigenvalue weighted by atomic mass is 16.3. The number of rotatable bonds is 4. The van der Waals surface area contributed by atoms with Gasteiger partial charge in [0.15, 0.2) is 0 Å². The van der Waals surface area contributed by atoms with E-state index >= 15 is 0 Å². The SMILES string of the molecule is Cn1cc(-c2cccc(CNC(=O)N3CCC(CO)C3)c2)cn1. The van der Waals surface area contributed by atoms with Crippen LogP contribution in [-0.4, -0.2) is 45.5 Å². The van der Waals surface area contributed by atoms with Crippen molar-refractivity contribution in [1.82, 2.24) is 20.0 Å². The van der Waals surface area contributed by atoms with E-state index in [1.54, 1.807) is 9.58 Å². The predicted molar refractivity (Wildman–Crippen MR) is 87.6 cm³/mol. The molecule has 1 aromatic carbocycles. The Morgan fingerprint density at radius 2 is 2.30 bits per heavy atom. The minimum atomic E-state index is -0.0623. The van der Waals surface area contributed by atoms with Crippen molar-refractivity contribution in [1.29, 1.82) is 0 Å². The van der Waals surface area contributed by atoms with Crippen LogP contribution in [0.15, 0.2) is 36.7 Å². The van der Waals surface area contributed by atoms with Gasteiger partial charge in [0, 0.05) is 51.0 Å². The van der Waals surface area contributed by atoms with Gasteiger partial charge in [-0.25, -0.2) is 4.79 Å². The van der Waals surface area contributed by atoms with Crippen LogP contribution in [0.5, 0.6) is 0 Å². The van der Waals surface area contributed by atoms with Crippen molar-refractivity contribution < 1.29 is 9.90 Å². The van der Waals surface area contributed by atoms with Crippen LogP contribution in [0.1, 0.15) is 12.0 Å². The lowest BCUT2D eigenvalue weighted by molar-refractivity contribution is 0.198. The second-order valence-electron chi connectivity index (χ2n) is 6.05. The maximum atomic E-state index is 12.2. The molecular formula is C17H22N4O2. The maximum absolute atomic E-state index is 12.2. The molecule has 6 nitrogen and oxygen atoms in total. The van der Waals surface area contributed by atoms with E-state index < -0.39 is 0 Å². The summed E-state index contributed by atoms with van der Waals surface area (Å²) in [5.74, 6) is 0.217. The molecule has 1 aliphatic rings. The molecule has 2 amide bonds. The summed E-state index contributed by atoms with van der Waals surface area (Å²) in [5, 5.41) is 16.3. The smallest absolute Gasteiger partial charge is 0.317 e. The van der Waals surface area contributed by atoms with Crippen molar-refractivity contribution in [2.45, 2.75) is 13.0 Å². The Hall–Kier alpha value is -2.34. The first-order chi connectivity index (χ1) is 11.2. The normalized spacial score (nSPS) is 17.5. The summed E-state index contributed by atoms with van der Waals surface area (Å²) in [7, 11) is 1.89. The van der Waals surface area contributed by atoms with Crippen LogP contribution in [0.3, 0.4) is 0 Å². The number of amides is 2. The summed E-state index contributed by atoms with van der Waals surface area (Å²) in [6.07, 6.45) is 4.67. The second kappa shape index (κ2) is 6.83. The number of nitrogens with one attached hydrogen (secondary N) is 1.